The Morgan fingerprint density at radius 1 is 1.56 bits per heavy atom. The van der Waals surface area contributed by atoms with Crippen LogP contribution < -0.4 is 11.3 Å². The number of nitrogens with zero attached hydrogens (tertiary/aromatic N) is 2. The first-order chi connectivity index (χ1) is 8.61. The molecule has 1 atom stereocenters. The van der Waals surface area contributed by atoms with Crippen LogP contribution >= 0.6 is 15.9 Å². The summed E-state index contributed by atoms with van der Waals surface area (Å²) < 4.78 is 15.5. The van der Waals surface area contributed by atoms with E-state index in [1.54, 1.807) is 24.7 Å². The van der Waals surface area contributed by atoms with Gasteiger partial charge < -0.3 is 4.57 Å². The fourth-order valence-corrected chi connectivity index (χ4v) is 2.28. The lowest BCUT2D eigenvalue weighted by atomic mass is 10.0. The number of nitrogens with one attached hydrogen (secondary N) is 1. The van der Waals surface area contributed by atoms with Crippen LogP contribution in [0.5, 0.6) is 0 Å². The summed E-state index contributed by atoms with van der Waals surface area (Å²) >= 11 is 3.18. The summed E-state index contributed by atoms with van der Waals surface area (Å²) in [5, 5.41) is 0. The van der Waals surface area contributed by atoms with Crippen molar-refractivity contribution in [2.75, 3.05) is 0 Å². The van der Waals surface area contributed by atoms with Gasteiger partial charge in [0.1, 0.15) is 5.82 Å². The van der Waals surface area contributed by atoms with Crippen LogP contribution in [-0.4, -0.2) is 9.55 Å². The molecule has 0 bridgehead atoms. The molecule has 0 aliphatic carbocycles. The number of aromatic nitrogens is 2. The Balaban J connectivity index is 2.20. The molecule has 0 spiro atoms. The Labute approximate surface area is 113 Å². The molecule has 18 heavy (non-hydrogen) atoms. The highest BCUT2D eigenvalue weighted by molar-refractivity contribution is 9.10. The molecule has 1 aromatic carbocycles. The fraction of sp³-hybridized carbons (Fsp3) is 0.250. The second-order valence-electron chi connectivity index (χ2n) is 4.10. The van der Waals surface area contributed by atoms with Crippen molar-refractivity contribution in [2.45, 2.75) is 12.5 Å². The molecule has 1 aromatic heterocycles. The number of nitrogens with two attached hydrogens (primary N) is 1. The van der Waals surface area contributed by atoms with Gasteiger partial charge in [0.05, 0.1) is 22.5 Å². The highest BCUT2D eigenvalue weighted by Gasteiger charge is 2.14. The first kappa shape index (κ1) is 13.2. The highest BCUT2D eigenvalue weighted by Crippen LogP contribution is 2.21. The molecular formula is C12H14BrFN4. The van der Waals surface area contributed by atoms with Gasteiger partial charge in [-0.25, -0.2) is 9.37 Å². The van der Waals surface area contributed by atoms with E-state index in [1.807, 2.05) is 11.6 Å². The molecule has 2 rings (SSSR count). The van der Waals surface area contributed by atoms with Crippen LogP contribution in [0.2, 0.25) is 0 Å². The first-order valence-electron chi connectivity index (χ1n) is 5.48. The fourth-order valence-electron chi connectivity index (χ4n) is 1.85. The number of rotatable bonds is 4. The maximum Gasteiger partial charge on any atom is 0.137 e. The Hall–Kier alpha value is -1.24. The molecular weight excluding hydrogens is 299 g/mol. The average molecular weight is 313 g/mol. The lowest BCUT2D eigenvalue weighted by Gasteiger charge is -2.16. The van der Waals surface area contributed by atoms with Gasteiger partial charge in [-0.15, -0.1) is 0 Å². The minimum absolute atomic E-state index is 0.0603. The highest BCUT2D eigenvalue weighted by atomic mass is 79.9. The molecule has 0 aliphatic rings. The number of hydrogen-bond donors (Lipinski definition) is 2. The van der Waals surface area contributed by atoms with Gasteiger partial charge in [-0.05, 0) is 40.0 Å². The molecule has 1 unspecified atom stereocenters. The monoisotopic (exact) mass is 312 g/mol. The van der Waals surface area contributed by atoms with E-state index in [1.165, 1.54) is 6.07 Å². The van der Waals surface area contributed by atoms with Crippen molar-refractivity contribution in [3.63, 3.8) is 0 Å². The smallest absolute Gasteiger partial charge is 0.137 e. The summed E-state index contributed by atoms with van der Waals surface area (Å²) in [5.41, 5.74) is 4.74. The van der Waals surface area contributed by atoms with Gasteiger partial charge in [0.25, 0.3) is 0 Å². The Bertz CT molecular complexity index is 541. The molecule has 0 radical (unpaired) electrons. The topological polar surface area (TPSA) is 55.9 Å². The largest absolute Gasteiger partial charge is 0.336 e. The number of aryl methyl sites for hydroxylation is 1. The van der Waals surface area contributed by atoms with Crippen molar-refractivity contribution in [1.82, 2.24) is 15.0 Å². The second-order valence-corrected chi connectivity index (χ2v) is 4.96. The van der Waals surface area contributed by atoms with Gasteiger partial charge in [0.2, 0.25) is 0 Å². The third-order valence-electron chi connectivity index (χ3n) is 2.84. The van der Waals surface area contributed by atoms with Crippen LogP contribution in [0.1, 0.15) is 17.3 Å². The molecule has 0 aliphatic heterocycles. The third kappa shape index (κ3) is 2.77. The van der Waals surface area contributed by atoms with Crippen molar-refractivity contribution in [3.05, 3.63) is 52.3 Å². The Kier molecular flexibility index (Phi) is 4.11. The maximum absolute atomic E-state index is 13.2. The molecule has 0 fully saturated rings. The summed E-state index contributed by atoms with van der Waals surface area (Å²) in [6.45, 7) is 0. The van der Waals surface area contributed by atoms with Crippen LogP contribution in [0.3, 0.4) is 0 Å². The van der Waals surface area contributed by atoms with Gasteiger partial charge in [-0.1, -0.05) is 6.07 Å². The number of imidazole rings is 1. The maximum atomic E-state index is 13.2. The Morgan fingerprint density at radius 2 is 2.33 bits per heavy atom. The zero-order chi connectivity index (χ0) is 13.1. The third-order valence-corrected chi connectivity index (χ3v) is 3.44. The van der Waals surface area contributed by atoms with Crippen LogP contribution in [0.15, 0.2) is 35.2 Å². The quantitative estimate of drug-likeness (QED) is 0.671. The minimum Gasteiger partial charge on any atom is -0.336 e. The second kappa shape index (κ2) is 5.60. The van der Waals surface area contributed by atoms with Crippen LogP contribution in [0.25, 0.3) is 0 Å². The summed E-state index contributed by atoms with van der Waals surface area (Å²) in [6.07, 6.45) is 4.15. The zero-order valence-corrected chi connectivity index (χ0v) is 11.5. The summed E-state index contributed by atoms with van der Waals surface area (Å²) in [7, 11) is 1.91. The molecule has 0 amide bonds. The summed E-state index contributed by atoms with van der Waals surface area (Å²) in [4.78, 5) is 4.06. The zero-order valence-electron chi connectivity index (χ0n) is 9.90. The van der Waals surface area contributed by atoms with Gasteiger partial charge in [-0.2, -0.15) is 0 Å². The predicted molar refractivity (Wildman–Crippen MR) is 71.1 cm³/mol. The van der Waals surface area contributed by atoms with Gasteiger partial charge in [0, 0.05) is 13.2 Å². The van der Waals surface area contributed by atoms with E-state index in [0.717, 1.165) is 11.3 Å². The molecule has 6 heteroatoms. The number of hydrogen-bond acceptors (Lipinski definition) is 3. The van der Waals surface area contributed by atoms with E-state index in [9.17, 15) is 4.39 Å². The van der Waals surface area contributed by atoms with Gasteiger partial charge in [-0.3, -0.25) is 11.3 Å². The molecule has 0 saturated heterocycles. The summed E-state index contributed by atoms with van der Waals surface area (Å²) in [5.74, 6) is 5.30. The van der Waals surface area contributed by atoms with Crippen molar-refractivity contribution in [1.29, 1.82) is 0 Å². The van der Waals surface area contributed by atoms with Crippen molar-refractivity contribution in [3.8, 4) is 0 Å². The molecule has 1 heterocycles. The van der Waals surface area contributed by atoms with E-state index in [4.69, 9.17) is 5.84 Å². The minimum atomic E-state index is -0.267. The molecule has 4 nitrogen and oxygen atoms in total. The molecule has 0 saturated carbocycles. The van der Waals surface area contributed by atoms with E-state index < -0.39 is 0 Å². The average Bonchev–Trinajstić information content (AvgIpc) is 2.77. The SMILES string of the molecule is Cn1cncc1C(Cc1ccc(F)c(Br)c1)NN. The first-order valence-corrected chi connectivity index (χ1v) is 6.27. The van der Waals surface area contributed by atoms with Crippen LogP contribution in [-0.2, 0) is 13.5 Å². The Morgan fingerprint density at radius 3 is 2.89 bits per heavy atom. The van der Waals surface area contributed by atoms with Crippen molar-refractivity contribution >= 4 is 15.9 Å². The van der Waals surface area contributed by atoms with Gasteiger partial charge >= 0.3 is 0 Å². The van der Waals surface area contributed by atoms with E-state index in [0.29, 0.717) is 10.9 Å². The number of hydrazine groups is 1. The van der Waals surface area contributed by atoms with E-state index >= 15 is 0 Å². The van der Waals surface area contributed by atoms with Crippen molar-refractivity contribution < 1.29 is 4.39 Å². The lowest BCUT2D eigenvalue weighted by molar-refractivity contribution is 0.521. The van der Waals surface area contributed by atoms with Crippen molar-refractivity contribution in [2.24, 2.45) is 12.9 Å². The predicted octanol–water partition coefficient (Wildman–Crippen LogP) is 2.07. The van der Waals surface area contributed by atoms with E-state index in [-0.39, 0.29) is 11.9 Å². The van der Waals surface area contributed by atoms with E-state index in [2.05, 4.69) is 26.3 Å². The lowest BCUT2D eigenvalue weighted by Crippen LogP contribution is -2.30. The standard InChI is InChI=1S/C12H14BrFN4/c1-18-7-16-6-12(18)11(17-15)5-8-2-3-10(14)9(13)4-8/h2-4,6-7,11,17H,5,15H2,1H3. The number of benzene rings is 1. The number of halogens is 2. The van der Waals surface area contributed by atoms with Gasteiger partial charge in [0.15, 0.2) is 0 Å². The molecule has 3 N–H and O–H groups in total. The van der Waals surface area contributed by atoms with Crippen LogP contribution in [0.4, 0.5) is 4.39 Å². The van der Waals surface area contributed by atoms with Crippen LogP contribution in [0, 0.1) is 5.82 Å². The molecule has 96 valence electrons. The molecule has 2 aromatic rings. The summed E-state index contributed by atoms with van der Waals surface area (Å²) in [6, 6.07) is 4.89. The normalized spacial score (nSPS) is 12.7.